The Morgan fingerprint density at radius 1 is 1.25 bits per heavy atom. The predicted octanol–water partition coefficient (Wildman–Crippen LogP) is 4.32. The largest absolute Gasteiger partial charge is 0.416 e. The first kappa shape index (κ1) is 13.3. The topological polar surface area (TPSA) is 43.3 Å². The summed E-state index contributed by atoms with van der Waals surface area (Å²) in [6.07, 6.45) is -3.17. The Kier molecular flexibility index (Phi) is 2.91. The van der Waals surface area contributed by atoms with Crippen LogP contribution in [0.15, 0.2) is 30.5 Å². The maximum Gasteiger partial charge on any atom is 0.416 e. The van der Waals surface area contributed by atoms with E-state index in [1.54, 1.807) is 12.1 Å². The average molecular weight is 318 g/mol. The van der Waals surface area contributed by atoms with Crippen LogP contribution in [0.5, 0.6) is 0 Å². The van der Waals surface area contributed by atoms with Crippen molar-refractivity contribution in [3.63, 3.8) is 0 Å². The van der Waals surface area contributed by atoms with Crippen molar-refractivity contribution < 1.29 is 13.2 Å². The molecule has 20 heavy (non-hydrogen) atoms. The molecular weight excluding hydrogens is 311 g/mol. The predicted molar refractivity (Wildman–Crippen MR) is 72.9 cm³/mol. The Morgan fingerprint density at radius 3 is 2.60 bits per heavy atom. The van der Waals surface area contributed by atoms with Gasteiger partial charge in [-0.15, -0.1) is 16.4 Å². The average Bonchev–Trinajstić information content (AvgIpc) is 2.89. The summed E-state index contributed by atoms with van der Waals surface area (Å²) in [6.45, 7) is 0. The zero-order valence-electron chi connectivity index (χ0n) is 9.78. The molecule has 0 spiro atoms. The molecule has 104 valence electrons. The van der Waals surface area contributed by atoms with Crippen molar-refractivity contribution in [1.29, 1.82) is 0 Å². The standard InChI is InChI=1S/C12H7ClF3N3S/c13-9-2-1-8(20-9)10-7-5-6(12(14,15)16)3-4-19(7)18-11(10)17/h1-5H,(H2,17,18). The van der Waals surface area contributed by atoms with E-state index in [-0.39, 0.29) is 5.82 Å². The first-order valence-electron chi connectivity index (χ1n) is 5.47. The van der Waals surface area contributed by atoms with E-state index in [4.69, 9.17) is 17.3 Å². The third-order valence-electron chi connectivity index (χ3n) is 2.81. The Morgan fingerprint density at radius 2 is 2.00 bits per heavy atom. The smallest absolute Gasteiger partial charge is 0.382 e. The zero-order valence-corrected chi connectivity index (χ0v) is 11.4. The summed E-state index contributed by atoms with van der Waals surface area (Å²) in [5.41, 5.74) is 5.83. The van der Waals surface area contributed by atoms with Crippen LogP contribution >= 0.6 is 22.9 Å². The highest BCUT2D eigenvalue weighted by molar-refractivity contribution is 7.19. The molecule has 3 heterocycles. The number of hydrogen-bond donors (Lipinski definition) is 1. The van der Waals surface area contributed by atoms with Crippen molar-refractivity contribution in [2.45, 2.75) is 6.18 Å². The fourth-order valence-corrected chi connectivity index (χ4v) is 3.05. The number of nitrogens with two attached hydrogens (primary N) is 1. The molecule has 0 aromatic carbocycles. The van der Waals surface area contributed by atoms with Gasteiger partial charge in [0.25, 0.3) is 0 Å². The number of rotatable bonds is 1. The lowest BCUT2D eigenvalue weighted by molar-refractivity contribution is -0.137. The number of halogens is 4. The lowest BCUT2D eigenvalue weighted by Crippen LogP contribution is -2.05. The number of thiophene rings is 1. The number of fused-ring (bicyclic) bond motifs is 1. The third-order valence-corrected chi connectivity index (χ3v) is 4.06. The third kappa shape index (κ3) is 2.12. The summed E-state index contributed by atoms with van der Waals surface area (Å²) in [5.74, 6) is 0.169. The van der Waals surface area contributed by atoms with Gasteiger partial charge in [0, 0.05) is 11.1 Å². The molecule has 0 saturated carbocycles. The normalized spacial score (nSPS) is 12.2. The van der Waals surface area contributed by atoms with Gasteiger partial charge in [0.15, 0.2) is 5.82 Å². The van der Waals surface area contributed by atoms with Gasteiger partial charge in [0.05, 0.1) is 21.0 Å². The van der Waals surface area contributed by atoms with Crippen LogP contribution in [0.2, 0.25) is 4.34 Å². The molecule has 0 amide bonds. The van der Waals surface area contributed by atoms with Crippen LogP contribution < -0.4 is 5.73 Å². The Hall–Kier alpha value is -1.73. The highest BCUT2D eigenvalue weighted by atomic mass is 35.5. The van der Waals surface area contributed by atoms with E-state index in [0.717, 1.165) is 12.1 Å². The Bertz CT molecular complexity index is 791. The minimum absolute atomic E-state index is 0.169. The highest BCUT2D eigenvalue weighted by Gasteiger charge is 2.31. The number of nitrogen functional groups attached to an aromatic ring is 1. The highest BCUT2D eigenvalue weighted by Crippen LogP contribution is 2.38. The second kappa shape index (κ2) is 4.39. The number of pyridine rings is 1. The zero-order chi connectivity index (χ0) is 14.5. The number of anilines is 1. The summed E-state index contributed by atoms with van der Waals surface area (Å²) in [4.78, 5) is 0.682. The minimum atomic E-state index is -4.41. The molecule has 3 nitrogen and oxygen atoms in total. The fraction of sp³-hybridized carbons (Fsp3) is 0.0833. The molecule has 0 bridgehead atoms. The maximum absolute atomic E-state index is 12.8. The number of alkyl halides is 3. The van der Waals surface area contributed by atoms with Crippen LogP contribution in [0.1, 0.15) is 5.56 Å². The van der Waals surface area contributed by atoms with Crippen molar-refractivity contribution in [2.24, 2.45) is 0 Å². The molecule has 2 N–H and O–H groups in total. The number of nitrogens with zero attached hydrogens (tertiary/aromatic N) is 2. The van der Waals surface area contributed by atoms with E-state index >= 15 is 0 Å². The van der Waals surface area contributed by atoms with E-state index in [1.807, 2.05) is 0 Å². The fourth-order valence-electron chi connectivity index (χ4n) is 1.94. The summed E-state index contributed by atoms with van der Waals surface area (Å²) < 4.78 is 40.2. The summed E-state index contributed by atoms with van der Waals surface area (Å²) in [6, 6.07) is 5.37. The molecule has 3 aromatic rings. The number of aromatic nitrogens is 2. The van der Waals surface area contributed by atoms with Gasteiger partial charge in [-0.25, -0.2) is 4.52 Å². The van der Waals surface area contributed by atoms with Gasteiger partial charge < -0.3 is 5.73 Å². The molecular formula is C12H7ClF3N3S. The van der Waals surface area contributed by atoms with E-state index in [0.29, 0.717) is 20.3 Å². The molecule has 0 aliphatic carbocycles. The van der Waals surface area contributed by atoms with Gasteiger partial charge in [0.2, 0.25) is 0 Å². The Balaban J connectivity index is 2.28. The van der Waals surface area contributed by atoms with Crippen molar-refractivity contribution in [3.05, 3.63) is 40.4 Å². The Labute approximate surface area is 120 Å². The molecule has 3 rings (SSSR count). The number of hydrogen-bond acceptors (Lipinski definition) is 3. The van der Waals surface area contributed by atoms with Gasteiger partial charge in [-0.2, -0.15) is 13.2 Å². The van der Waals surface area contributed by atoms with E-state index in [9.17, 15) is 13.2 Å². The molecule has 0 aliphatic rings. The van der Waals surface area contributed by atoms with E-state index in [1.165, 1.54) is 22.0 Å². The molecule has 0 unspecified atom stereocenters. The van der Waals surface area contributed by atoms with Gasteiger partial charge >= 0.3 is 6.18 Å². The second-order valence-electron chi connectivity index (χ2n) is 4.11. The summed E-state index contributed by atoms with van der Waals surface area (Å²) >= 11 is 7.09. The van der Waals surface area contributed by atoms with Crippen LogP contribution in [0.25, 0.3) is 16.0 Å². The molecule has 0 aliphatic heterocycles. The maximum atomic E-state index is 12.8. The van der Waals surface area contributed by atoms with E-state index in [2.05, 4.69) is 5.10 Å². The van der Waals surface area contributed by atoms with Crippen LogP contribution in [-0.4, -0.2) is 9.61 Å². The molecule has 8 heteroatoms. The second-order valence-corrected chi connectivity index (χ2v) is 5.82. The summed E-state index contributed by atoms with van der Waals surface area (Å²) in [5, 5.41) is 4.01. The lowest BCUT2D eigenvalue weighted by Gasteiger charge is -2.06. The monoisotopic (exact) mass is 317 g/mol. The van der Waals surface area contributed by atoms with Crippen LogP contribution in [0, 0.1) is 0 Å². The first-order chi connectivity index (χ1) is 9.36. The van der Waals surface area contributed by atoms with Crippen LogP contribution in [-0.2, 0) is 6.18 Å². The molecule has 0 atom stereocenters. The molecule has 3 aromatic heterocycles. The van der Waals surface area contributed by atoms with Crippen LogP contribution in [0.4, 0.5) is 19.0 Å². The molecule has 0 fully saturated rings. The van der Waals surface area contributed by atoms with Gasteiger partial charge in [-0.1, -0.05) is 11.6 Å². The summed E-state index contributed by atoms with van der Waals surface area (Å²) in [7, 11) is 0. The van der Waals surface area contributed by atoms with Crippen molar-refractivity contribution in [2.75, 3.05) is 5.73 Å². The SMILES string of the molecule is Nc1nn2ccc(C(F)(F)F)cc2c1-c1ccc(Cl)s1. The molecule has 0 radical (unpaired) electrons. The van der Waals surface area contributed by atoms with Gasteiger partial charge in [0.1, 0.15) is 0 Å². The van der Waals surface area contributed by atoms with Gasteiger partial charge in [-0.3, -0.25) is 0 Å². The quantitative estimate of drug-likeness (QED) is 0.726. The molecule has 0 saturated heterocycles. The van der Waals surface area contributed by atoms with Crippen molar-refractivity contribution in [3.8, 4) is 10.4 Å². The van der Waals surface area contributed by atoms with E-state index < -0.39 is 11.7 Å². The van der Waals surface area contributed by atoms with Crippen molar-refractivity contribution >= 4 is 34.3 Å². The first-order valence-corrected chi connectivity index (χ1v) is 6.66. The van der Waals surface area contributed by atoms with Crippen LogP contribution in [0.3, 0.4) is 0 Å². The minimum Gasteiger partial charge on any atom is -0.382 e. The van der Waals surface area contributed by atoms with Crippen molar-refractivity contribution in [1.82, 2.24) is 9.61 Å². The lowest BCUT2D eigenvalue weighted by atomic mass is 10.1. The van der Waals surface area contributed by atoms with Gasteiger partial charge in [-0.05, 0) is 24.3 Å².